The summed E-state index contributed by atoms with van der Waals surface area (Å²) in [5, 5.41) is 2.03. The summed E-state index contributed by atoms with van der Waals surface area (Å²) in [4.78, 5) is 24.5. The molecule has 1 aromatic heterocycles. The highest BCUT2D eigenvalue weighted by Crippen LogP contribution is 2.29. The average Bonchev–Trinajstić information content (AvgIpc) is 3.38. The lowest BCUT2D eigenvalue weighted by molar-refractivity contribution is -0.119. The fourth-order valence-electron chi connectivity index (χ4n) is 3.15. The van der Waals surface area contributed by atoms with Crippen LogP contribution in [0.5, 0.6) is 5.75 Å². The summed E-state index contributed by atoms with van der Waals surface area (Å²) in [7, 11) is -4.20. The topological polar surface area (TPSA) is 115 Å². The van der Waals surface area contributed by atoms with Crippen molar-refractivity contribution < 1.29 is 40.7 Å². The number of anilines is 1. The first-order chi connectivity index (χ1) is 14.7. The molecule has 12 heteroatoms. The molecule has 3 rings (SSSR count). The van der Waals surface area contributed by atoms with Crippen LogP contribution in [0.3, 0.4) is 0 Å². The van der Waals surface area contributed by atoms with Crippen LogP contribution >= 0.6 is 0 Å². The van der Waals surface area contributed by atoms with Gasteiger partial charge in [-0.3, -0.25) is 4.79 Å². The van der Waals surface area contributed by atoms with Crippen LogP contribution in [-0.2, 0) is 19.6 Å². The summed E-state index contributed by atoms with van der Waals surface area (Å²) < 4.78 is 65.9. The predicted octanol–water partition coefficient (Wildman–Crippen LogP) is 2.85. The van der Waals surface area contributed by atoms with E-state index in [-0.39, 0.29) is 36.8 Å². The number of sulfonamides is 1. The first-order valence-electron chi connectivity index (χ1n) is 9.37. The molecule has 1 amide bonds. The molecule has 1 fully saturated rings. The van der Waals surface area contributed by atoms with E-state index in [0.717, 1.165) is 10.4 Å². The van der Waals surface area contributed by atoms with Crippen LogP contribution in [0, 0.1) is 0 Å². The number of hydrogen-bond acceptors (Lipinski definition) is 7. The maximum atomic E-state index is 13.0. The minimum Gasteiger partial charge on any atom is -0.460 e. The van der Waals surface area contributed by atoms with Gasteiger partial charge in [0.05, 0.1) is 6.61 Å². The Morgan fingerprint density at radius 3 is 2.77 bits per heavy atom. The second-order valence-corrected chi connectivity index (χ2v) is 8.33. The van der Waals surface area contributed by atoms with Gasteiger partial charge < -0.3 is 19.2 Å². The molecule has 168 valence electrons. The molecule has 2 heterocycles. The van der Waals surface area contributed by atoms with Gasteiger partial charge in [0.1, 0.15) is 11.8 Å². The van der Waals surface area contributed by atoms with E-state index < -0.39 is 39.6 Å². The van der Waals surface area contributed by atoms with Gasteiger partial charge in [-0.05, 0) is 44.0 Å². The molecule has 1 aromatic carbocycles. The molecular weight excluding hydrogens is 438 g/mol. The monoisotopic (exact) mass is 458 g/mol. The van der Waals surface area contributed by atoms with E-state index in [4.69, 9.17) is 9.15 Å². The lowest BCUT2D eigenvalue weighted by Gasteiger charge is -2.22. The van der Waals surface area contributed by atoms with Crippen molar-refractivity contribution in [1.82, 2.24) is 4.31 Å². The molecule has 1 aliphatic heterocycles. The molecular formula is C19H20F2N2O7S. The largest absolute Gasteiger partial charge is 0.460 e. The number of nitrogens with zero attached hydrogens (tertiary/aromatic N) is 1. The number of halogens is 2. The van der Waals surface area contributed by atoms with Crippen LogP contribution in [0.15, 0.2) is 45.9 Å². The second-order valence-electron chi connectivity index (χ2n) is 6.51. The molecule has 0 saturated carbocycles. The number of nitrogens with one attached hydrogen (secondary N) is 1. The SMILES string of the molecule is CCOC(=O)c1ccc(S(=O)(=O)N2CCCC2C(=O)Nc2cccc(OC(F)F)c2)o1. The molecule has 1 saturated heterocycles. The van der Waals surface area contributed by atoms with Crippen molar-refractivity contribution in [3.05, 3.63) is 42.2 Å². The average molecular weight is 458 g/mol. The number of benzene rings is 1. The molecule has 1 unspecified atom stereocenters. The Balaban J connectivity index is 1.76. The van der Waals surface area contributed by atoms with Crippen molar-refractivity contribution in [2.45, 2.75) is 37.5 Å². The molecule has 1 N–H and O–H groups in total. The van der Waals surface area contributed by atoms with E-state index in [1.807, 2.05) is 0 Å². The van der Waals surface area contributed by atoms with Gasteiger partial charge in [0.15, 0.2) is 0 Å². The molecule has 0 radical (unpaired) electrons. The van der Waals surface area contributed by atoms with Crippen molar-refractivity contribution >= 4 is 27.6 Å². The van der Waals surface area contributed by atoms with Crippen LogP contribution in [0.1, 0.15) is 30.3 Å². The van der Waals surface area contributed by atoms with Crippen LogP contribution < -0.4 is 10.1 Å². The van der Waals surface area contributed by atoms with Gasteiger partial charge in [0, 0.05) is 18.3 Å². The van der Waals surface area contributed by atoms with E-state index in [0.29, 0.717) is 6.42 Å². The maximum absolute atomic E-state index is 13.0. The van der Waals surface area contributed by atoms with Crippen molar-refractivity contribution in [1.29, 1.82) is 0 Å². The number of carbonyl (C=O) groups is 2. The van der Waals surface area contributed by atoms with Gasteiger partial charge in [-0.25, -0.2) is 13.2 Å². The lowest BCUT2D eigenvalue weighted by Crippen LogP contribution is -2.43. The Bertz CT molecular complexity index is 1060. The predicted molar refractivity (Wildman–Crippen MR) is 103 cm³/mol. The zero-order chi connectivity index (χ0) is 22.6. The van der Waals surface area contributed by atoms with E-state index in [1.54, 1.807) is 6.92 Å². The Labute approximate surface area is 177 Å². The highest BCUT2D eigenvalue weighted by molar-refractivity contribution is 7.89. The van der Waals surface area contributed by atoms with Gasteiger partial charge in [0.25, 0.3) is 10.0 Å². The van der Waals surface area contributed by atoms with Crippen molar-refractivity contribution in [3.63, 3.8) is 0 Å². The third-order valence-corrected chi connectivity index (χ3v) is 6.24. The van der Waals surface area contributed by atoms with Gasteiger partial charge in [-0.15, -0.1) is 0 Å². The smallest absolute Gasteiger partial charge is 0.387 e. The molecule has 9 nitrogen and oxygen atoms in total. The molecule has 0 bridgehead atoms. The molecule has 2 aromatic rings. The van der Waals surface area contributed by atoms with E-state index in [2.05, 4.69) is 10.1 Å². The van der Waals surface area contributed by atoms with Crippen LogP contribution in [0.2, 0.25) is 0 Å². The number of furan rings is 1. The van der Waals surface area contributed by atoms with E-state index in [9.17, 15) is 26.8 Å². The summed E-state index contributed by atoms with van der Waals surface area (Å²) in [6.07, 6.45) is 0.682. The second kappa shape index (κ2) is 9.43. The minimum atomic E-state index is -4.20. The van der Waals surface area contributed by atoms with Crippen molar-refractivity contribution in [2.24, 2.45) is 0 Å². The standard InChI is InChI=1S/C19H20F2N2O7S/c1-2-28-18(25)15-8-9-16(30-15)31(26,27)23-10-4-7-14(23)17(24)22-12-5-3-6-13(11-12)29-19(20)21/h3,5-6,8-9,11,14,19H,2,4,7,10H2,1H3,(H,22,24). The normalized spacial score (nSPS) is 17.0. The Morgan fingerprint density at radius 1 is 1.29 bits per heavy atom. The van der Waals surface area contributed by atoms with Gasteiger partial charge in [-0.1, -0.05) is 6.07 Å². The zero-order valence-electron chi connectivity index (χ0n) is 16.4. The molecule has 1 aliphatic rings. The Hall–Kier alpha value is -2.99. The number of hydrogen-bond donors (Lipinski definition) is 1. The van der Waals surface area contributed by atoms with E-state index in [1.165, 1.54) is 30.3 Å². The number of ether oxygens (including phenoxy) is 2. The third-order valence-electron chi connectivity index (χ3n) is 4.45. The van der Waals surface area contributed by atoms with Gasteiger partial charge in [0.2, 0.25) is 16.8 Å². The molecule has 1 atom stereocenters. The van der Waals surface area contributed by atoms with Crippen LogP contribution in [-0.4, -0.2) is 50.4 Å². The first kappa shape index (κ1) is 22.7. The highest BCUT2D eigenvalue weighted by atomic mass is 32.2. The van der Waals surface area contributed by atoms with Crippen LogP contribution in [0.25, 0.3) is 0 Å². The minimum absolute atomic E-state index is 0.0738. The quantitative estimate of drug-likeness (QED) is 0.605. The fourth-order valence-corrected chi connectivity index (χ4v) is 4.72. The fraction of sp³-hybridized carbons (Fsp3) is 0.368. The van der Waals surface area contributed by atoms with Crippen LogP contribution in [0.4, 0.5) is 14.5 Å². The lowest BCUT2D eigenvalue weighted by atomic mass is 10.2. The van der Waals surface area contributed by atoms with Gasteiger partial charge >= 0.3 is 12.6 Å². The summed E-state index contributed by atoms with van der Waals surface area (Å²) in [6.45, 7) is -1.25. The number of amides is 1. The van der Waals surface area contributed by atoms with Gasteiger partial charge in [-0.2, -0.15) is 13.1 Å². The summed E-state index contributed by atoms with van der Waals surface area (Å²) >= 11 is 0. The molecule has 0 spiro atoms. The summed E-state index contributed by atoms with van der Waals surface area (Å²) in [5.41, 5.74) is 0.176. The number of carbonyl (C=O) groups excluding carboxylic acids is 2. The number of rotatable bonds is 8. The number of esters is 1. The first-order valence-corrected chi connectivity index (χ1v) is 10.8. The Morgan fingerprint density at radius 2 is 2.06 bits per heavy atom. The summed E-state index contributed by atoms with van der Waals surface area (Å²) in [6, 6.07) is 6.64. The van der Waals surface area contributed by atoms with E-state index >= 15 is 0 Å². The molecule has 31 heavy (non-hydrogen) atoms. The maximum Gasteiger partial charge on any atom is 0.387 e. The highest BCUT2D eigenvalue weighted by Gasteiger charge is 2.41. The Kier molecular flexibility index (Phi) is 6.91. The molecule has 0 aliphatic carbocycles. The van der Waals surface area contributed by atoms with Crippen molar-refractivity contribution in [2.75, 3.05) is 18.5 Å². The van der Waals surface area contributed by atoms with Crippen molar-refractivity contribution in [3.8, 4) is 5.75 Å². The third kappa shape index (κ3) is 5.20. The number of alkyl halides is 2. The summed E-state index contributed by atoms with van der Waals surface area (Å²) in [5.74, 6) is -1.85. The zero-order valence-corrected chi connectivity index (χ0v) is 17.2.